The Morgan fingerprint density at radius 1 is 1.11 bits per heavy atom. The second kappa shape index (κ2) is 8.52. The molecule has 3 heterocycles. The minimum absolute atomic E-state index is 0.0170. The van der Waals surface area contributed by atoms with E-state index < -0.39 is 23.5 Å². The van der Waals surface area contributed by atoms with Crippen molar-refractivity contribution in [2.75, 3.05) is 4.90 Å². The zero-order valence-electron chi connectivity index (χ0n) is 20.4. The molecule has 6 rings (SSSR count). The van der Waals surface area contributed by atoms with E-state index in [9.17, 15) is 19.1 Å². The highest BCUT2D eigenvalue weighted by Gasteiger charge is 2.48. The number of carbonyl (C=O) groups is 2. The number of amides is 1. The number of rotatable bonds is 3. The van der Waals surface area contributed by atoms with Gasteiger partial charge in [0.15, 0.2) is 5.13 Å². The Morgan fingerprint density at radius 3 is 2.62 bits per heavy atom. The number of anilines is 1. The standard InChI is InChI=1S/C29H23FN2O4S/c1-14-10-15(2)24-22(11-14)37-29(31-24)32-25(17-4-7-20(30)8-5-17)23(27(34)28(32)35)26(33)18-6-9-21-19(13-18)12-16(3)36-21/h4-11,13,16,25,33H,12H2,1-3H3/b26-23+/t16-,25-/m0/s1. The molecule has 1 saturated heterocycles. The van der Waals surface area contributed by atoms with E-state index >= 15 is 0 Å². The summed E-state index contributed by atoms with van der Waals surface area (Å²) in [5, 5.41) is 11.8. The maximum atomic E-state index is 13.8. The number of carbonyl (C=O) groups excluding carboxylic acids is 2. The third-order valence-corrected chi connectivity index (χ3v) is 7.83. The molecule has 0 saturated carbocycles. The number of aliphatic hydroxyl groups excluding tert-OH is 1. The van der Waals surface area contributed by atoms with E-state index in [1.165, 1.54) is 40.5 Å². The van der Waals surface area contributed by atoms with E-state index in [1.54, 1.807) is 18.2 Å². The number of hydrogen-bond donors (Lipinski definition) is 1. The van der Waals surface area contributed by atoms with Gasteiger partial charge in [0.1, 0.15) is 23.4 Å². The number of nitrogens with zero attached hydrogens (tertiary/aromatic N) is 2. The summed E-state index contributed by atoms with van der Waals surface area (Å²) in [6.45, 7) is 5.89. The van der Waals surface area contributed by atoms with Gasteiger partial charge >= 0.3 is 5.91 Å². The molecule has 0 aliphatic carbocycles. The van der Waals surface area contributed by atoms with E-state index in [1.807, 2.05) is 32.9 Å². The molecule has 1 N–H and O–H groups in total. The van der Waals surface area contributed by atoms with Crippen LogP contribution in [0.3, 0.4) is 0 Å². The van der Waals surface area contributed by atoms with Crippen molar-refractivity contribution in [2.24, 2.45) is 0 Å². The fraction of sp³-hybridized carbons (Fsp3) is 0.207. The van der Waals surface area contributed by atoms with Crippen LogP contribution in [0.15, 0.2) is 60.2 Å². The molecule has 0 bridgehead atoms. The molecule has 186 valence electrons. The molecular weight excluding hydrogens is 491 g/mol. The van der Waals surface area contributed by atoms with Crippen LogP contribution >= 0.6 is 11.3 Å². The SMILES string of the molecule is Cc1cc(C)c2nc(N3C(=O)C(=O)/C(=C(/O)c4ccc5c(c4)C[C@H](C)O5)[C@@H]3c3ccc(F)cc3)sc2c1. The van der Waals surface area contributed by atoms with Gasteiger partial charge in [0.2, 0.25) is 0 Å². The number of Topliss-reactive ketones (excluding diaryl/α,β-unsaturated/α-hetero) is 1. The van der Waals surface area contributed by atoms with Crippen molar-refractivity contribution < 1.29 is 23.8 Å². The van der Waals surface area contributed by atoms with Crippen molar-refractivity contribution in [1.29, 1.82) is 0 Å². The van der Waals surface area contributed by atoms with Crippen LogP contribution in [-0.4, -0.2) is 27.9 Å². The van der Waals surface area contributed by atoms with Crippen LogP contribution in [-0.2, 0) is 16.0 Å². The molecule has 1 aromatic heterocycles. The number of ether oxygens (including phenoxy) is 1. The molecule has 1 amide bonds. The average molecular weight is 515 g/mol. The molecule has 1 fully saturated rings. The van der Waals surface area contributed by atoms with Gasteiger partial charge in [-0.3, -0.25) is 14.5 Å². The van der Waals surface area contributed by atoms with Gasteiger partial charge in [-0.1, -0.05) is 29.5 Å². The highest BCUT2D eigenvalue weighted by Crippen LogP contribution is 2.45. The van der Waals surface area contributed by atoms with Gasteiger partial charge in [-0.2, -0.15) is 0 Å². The van der Waals surface area contributed by atoms with Crippen molar-refractivity contribution in [3.8, 4) is 5.75 Å². The van der Waals surface area contributed by atoms with Gasteiger partial charge in [-0.05, 0) is 79.4 Å². The van der Waals surface area contributed by atoms with E-state index in [4.69, 9.17) is 9.72 Å². The van der Waals surface area contributed by atoms with Crippen LogP contribution in [0.25, 0.3) is 16.0 Å². The number of hydrogen-bond acceptors (Lipinski definition) is 6. The Morgan fingerprint density at radius 2 is 1.86 bits per heavy atom. The number of halogens is 1. The molecule has 0 spiro atoms. The molecule has 2 atom stereocenters. The first kappa shape index (κ1) is 23.4. The lowest BCUT2D eigenvalue weighted by atomic mass is 9.94. The number of thiazole rings is 1. The lowest BCUT2D eigenvalue weighted by Crippen LogP contribution is -2.29. The summed E-state index contributed by atoms with van der Waals surface area (Å²) >= 11 is 1.30. The van der Waals surface area contributed by atoms with Crippen LogP contribution in [0, 0.1) is 19.7 Å². The van der Waals surface area contributed by atoms with Crippen LogP contribution in [0.4, 0.5) is 9.52 Å². The van der Waals surface area contributed by atoms with Gasteiger partial charge in [0.25, 0.3) is 5.78 Å². The quantitative estimate of drug-likeness (QED) is 0.206. The lowest BCUT2D eigenvalue weighted by Gasteiger charge is -2.23. The molecule has 2 aliphatic heterocycles. The predicted molar refractivity (Wildman–Crippen MR) is 141 cm³/mol. The summed E-state index contributed by atoms with van der Waals surface area (Å²) in [5.41, 5.74) is 4.54. The average Bonchev–Trinajstić information content (AvgIpc) is 3.52. The summed E-state index contributed by atoms with van der Waals surface area (Å²) in [5.74, 6) is -1.60. The molecule has 0 radical (unpaired) electrons. The fourth-order valence-corrected chi connectivity index (χ4v) is 6.35. The van der Waals surface area contributed by atoms with Crippen LogP contribution < -0.4 is 9.64 Å². The van der Waals surface area contributed by atoms with E-state index in [-0.39, 0.29) is 17.4 Å². The first-order valence-electron chi connectivity index (χ1n) is 12.0. The largest absolute Gasteiger partial charge is 0.507 e. The predicted octanol–water partition coefficient (Wildman–Crippen LogP) is 6.00. The molecule has 6 nitrogen and oxygen atoms in total. The topological polar surface area (TPSA) is 79.7 Å². The number of aromatic nitrogens is 1. The van der Waals surface area contributed by atoms with Gasteiger partial charge < -0.3 is 9.84 Å². The molecule has 37 heavy (non-hydrogen) atoms. The molecular formula is C29H23FN2O4S. The summed E-state index contributed by atoms with van der Waals surface area (Å²) in [4.78, 5) is 32.9. The summed E-state index contributed by atoms with van der Waals surface area (Å²) in [6.07, 6.45) is 0.694. The highest BCUT2D eigenvalue weighted by atomic mass is 32.1. The van der Waals surface area contributed by atoms with Crippen molar-refractivity contribution in [1.82, 2.24) is 4.98 Å². The normalized spacial score (nSPS) is 20.5. The Bertz CT molecular complexity index is 1640. The second-order valence-electron chi connectivity index (χ2n) is 9.60. The van der Waals surface area contributed by atoms with E-state index in [0.29, 0.717) is 22.7 Å². The number of aliphatic hydroxyl groups is 1. The Hall–Kier alpha value is -4.04. The van der Waals surface area contributed by atoms with Crippen molar-refractivity contribution in [3.63, 3.8) is 0 Å². The number of fused-ring (bicyclic) bond motifs is 2. The maximum Gasteiger partial charge on any atom is 0.301 e. The molecule has 8 heteroatoms. The Balaban J connectivity index is 1.54. The maximum absolute atomic E-state index is 13.8. The summed E-state index contributed by atoms with van der Waals surface area (Å²) in [6, 6.07) is 13.8. The van der Waals surface area contributed by atoms with Crippen molar-refractivity contribution >= 4 is 44.1 Å². The van der Waals surface area contributed by atoms with Gasteiger partial charge in [-0.15, -0.1) is 0 Å². The minimum Gasteiger partial charge on any atom is -0.507 e. The van der Waals surface area contributed by atoms with E-state index in [2.05, 4.69) is 0 Å². The van der Waals surface area contributed by atoms with Crippen LogP contribution in [0.5, 0.6) is 5.75 Å². The first-order valence-corrected chi connectivity index (χ1v) is 12.8. The first-order chi connectivity index (χ1) is 17.7. The molecule has 0 unspecified atom stereocenters. The third kappa shape index (κ3) is 3.79. The van der Waals surface area contributed by atoms with Crippen molar-refractivity contribution in [2.45, 2.75) is 39.3 Å². The minimum atomic E-state index is -0.967. The smallest absolute Gasteiger partial charge is 0.301 e. The lowest BCUT2D eigenvalue weighted by molar-refractivity contribution is -0.132. The number of aryl methyl sites for hydroxylation is 2. The van der Waals surface area contributed by atoms with Gasteiger partial charge in [0.05, 0.1) is 21.8 Å². The monoisotopic (exact) mass is 514 g/mol. The Labute approximate surface area is 216 Å². The molecule has 4 aromatic rings. The molecule has 2 aliphatic rings. The van der Waals surface area contributed by atoms with Crippen LogP contribution in [0.1, 0.15) is 40.8 Å². The number of benzene rings is 3. The fourth-order valence-electron chi connectivity index (χ4n) is 5.18. The second-order valence-corrected chi connectivity index (χ2v) is 10.6. The van der Waals surface area contributed by atoms with E-state index in [0.717, 1.165) is 32.7 Å². The summed E-state index contributed by atoms with van der Waals surface area (Å²) in [7, 11) is 0. The zero-order chi connectivity index (χ0) is 26.0. The van der Waals surface area contributed by atoms with Gasteiger partial charge in [-0.25, -0.2) is 9.37 Å². The zero-order valence-corrected chi connectivity index (χ0v) is 21.2. The summed E-state index contributed by atoms with van der Waals surface area (Å²) < 4.78 is 20.5. The Kier molecular flexibility index (Phi) is 5.38. The van der Waals surface area contributed by atoms with Crippen LogP contribution in [0.2, 0.25) is 0 Å². The van der Waals surface area contributed by atoms with Crippen molar-refractivity contribution in [3.05, 3.63) is 93.8 Å². The molecule has 3 aromatic carbocycles. The third-order valence-electron chi connectivity index (χ3n) is 6.82. The highest BCUT2D eigenvalue weighted by molar-refractivity contribution is 7.22. The van der Waals surface area contributed by atoms with Gasteiger partial charge in [0, 0.05) is 12.0 Å². The number of ketones is 1.